The first-order chi connectivity index (χ1) is 9.99. The van der Waals surface area contributed by atoms with E-state index in [-0.39, 0.29) is 23.3 Å². The van der Waals surface area contributed by atoms with E-state index in [1.165, 1.54) is 6.20 Å². The van der Waals surface area contributed by atoms with Crippen molar-refractivity contribution >= 4 is 11.4 Å². The molecule has 124 valence electrons. The summed E-state index contributed by atoms with van der Waals surface area (Å²) in [6.45, 7) is 7.44. The van der Waals surface area contributed by atoms with Crippen LogP contribution in [0.3, 0.4) is 0 Å². The maximum atomic E-state index is 12.0. The Kier molecular flexibility index (Phi) is 6.46. The molecule has 0 saturated heterocycles. The van der Waals surface area contributed by atoms with Crippen molar-refractivity contribution in [2.45, 2.75) is 51.1 Å². The van der Waals surface area contributed by atoms with E-state index in [1.54, 1.807) is 12.1 Å². The topological polar surface area (TPSA) is 48.0 Å². The minimum atomic E-state index is -4.29. The monoisotopic (exact) mass is 334 g/mol. The smallest absolute Gasteiger partial charge is 0.409 e. The molecule has 0 saturated carbocycles. The van der Waals surface area contributed by atoms with Crippen LogP contribution in [0.25, 0.3) is 0 Å². The van der Waals surface area contributed by atoms with Crippen molar-refractivity contribution in [3.05, 3.63) is 41.7 Å². The molecule has 1 aromatic heterocycles. The van der Waals surface area contributed by atoms with Gasteiger partial charge in [0.05, 0.1) is 11.7 Å². The lowest BCUT2D eigenvalue weighted by Gasteiger charge is -2.26. The molecule has 0 spiro atoms. The second-order valence-electron chi connectivity index (χ2n) is 5.96. The molecule has 0 aromatic carbocycles. The van der Waals surface area contributed by atoms with Gasteiger partial charge in [0.15, 0.2) is 0 Å². The summed E-state index contributed by atoms with van der Waals surface area (Å²) in [6.07, 6.45) is -1.30. The van der Waals surface area contributed by atoms with Gasteiger partial charge in [-0.15, -0.1) is 4.72 Å². The summed E-state index contributed by atoms with van der Waals surface area (Å²) in [7, 11) is 0. The fraction of sp³-hybridized carbons (Fsp3) is 0.533. The highest BCUT2D eigenvalue weighted by atomic mass is 32.2. The predicted molar refractivity (Wildman–Crippen MR) is 82.6 cm³/mol. The number of nitrogens with zero attached hydrogens (tertiary/aromatic N) is 1. The van der Waals surface area contributed by atoms with Crippen LogP contribution in [0.5, 0.6) is 0 Å². The van der Waals surface area contributed by atoms with Crippen LogP contribution in [0, 0.1) is 0 Å². The van der Waals surface area contributed by atoms with Gasteiger partial charge in [0, 0.05) is 23.6 Å². The van der Waals surface area contributed by atoms with Crippen LogP contribution in [-0.4, -0.2) is 20.5 Å². The van der Waals surface area contributed by atoms with E-state index < -0.39 is 17.5 Å². The van der Waals surface area contributed by atoms with E-state index >= 15 is 0 Å². The molecule has 0 fully saturated rings. The number of hydrogen-bond donors (Lipinski definition) is 1. The number of nitrogens with one attached hydrogen (secondary N) is 1. The first-order valence-electron chi connectivity index (χ1n) is 6.86. The van der Waals surface area contributed by atoms with Crippen LogP contribution in [0.15, 0.2) is 30.5 Å². The fourth-order valence-electron chi connectivity index (χ4n) is 1.54. The van der Waals surface area contributed by atoms with Crippen LogP contribution in [-0.2, 0) is 17.8 Å². The number of hydrogen-bond acceptors (Lipinski definition) is 3. The predicted octanol–water partition coefficient (Wildman–Crippen LogP) is 3.86. The van der Waals surface area contributed by atoms with Crippen molar-refractivity contribution in [3.8, 4) is 0 Å². The highest BCUT2D eigenvalue weighted by Crippen LogP contribution is 2.19. The van der Waals surface area contributed by atoms with Gasteiger partial charge in [-0.3, -0.25) is 4.98 Å². The Labute approximate surface area is 132 Å². The maximum Gasteiger partial charge on any atom is 0.409 e. The van der Waals surface area contributed by atoms with Gasteiger partial charge in [-0.25, -0.2) is 0 Å². The summed E-state index contributed by atoms with van der Waals surface area (Å²) in [5, 5.41) is 0. The van der Waals surface area contributed by atoms with Crippen molar-refractivity contribution in [2.75, 3.05) is 0 Å². The number of aromatic nitrogens is 1. The lowest BCUT2D eigenvalue weighted by atomic mass is 10.1. The Hall–Kier alpha value is -1.05. The molecule has 1 N–H and O–H groups in total. The Bertz CT molecular complexity index is 495. The maximum absolute atomic E-state index is 12.0. The zero-order chi connectivity index (χ0) is 17.0. The van der Waals surface area contributed by atoms with Gasteiger partial charge in [0.1, 0.15) is 4.75 Å². The van der Waals surface area contributed by atoms with E-state index in [2.05, 4.69) is 9.71 Å². The van der Waals surface area contributed by atoms with Crippen molar-refractivity contribution in [1.82, 2.24) is 9.71 Å². The molecule has 0 bridgehead atoms. The average molecular weight is 334 g/mol. The average Bonchev–Trinajstić information content (AvgIpc) is 2.36. The summed E-state index contributed by atoms with van der Waals surface area (Å²) in [5.41, 5.74) is 1.38. The number of allylic oxidation sites excluding steroid dienone is 2. The molecular weight excluding hydrogens is 313 g/mol. The Balaban J connectivity index is 2.63. The third-order valence-corrected chi connectivity index (χ3v) is 4.47. The van der Waals surface area contributed by atoms with E-state index in [9.17, 15) is 17.7 Å². The minimum absolute atomic E-state index is 0.169. The molecule has 22 heavy (non-hydrogen) atoms. The molecular formula is C15H21F3N2OS. The Morgan fingerprint density at radius 2 is 1.95 bits per heavy atom. The van der Waals surface area contributed by atoms with Crippen molar-refractivity contribution in [1.29, 1.82) is 0 Å². The molecule has 1 unspecified atom stereocenters. The highest BCUT2D eigenvalue weighted by molar-refractivity contribution is 7.90. The summed E-state index contributed by atoms with van der Waals surface area (Å²) < 4.78 is 50.6. The SMILES string of the molecule is C[C@H](N[S+]([O-])C(C)(C)C)c1ccc(C/C=C/C(F)(F)F)cn1. The lowest BCUT2D eigenvalue weighted by Crippen LogP contribution is -2.40. The van der Waals surface area contributed by atoms with Crippen molar-refractivity contribution in [3.63, 3.8) is 0 Å². The van der Waals surface area contributed by atoms with Crippen LogP contribution >= 0.6 is 0 Å². The lowest BCUT2D eigenvalue weighted by molar-refractivity contribution is -0.0800. The summed E-state index contributed by atoms with van der Waals surface area (Å²) in [4.78, 5) is 4.22. The van der Waals surface area contributed by atoms with E-state index in [0.29, 0.717) is 11.3 Å². The molecule has 3 nitrogen and oxygen atoms in total. The van der Waals surface area contributed by atoms with Crippen LogP contribution in [0.4, 0.5) is 13.2 Å². The van der Waals surface area contributed by atoms with Crippen molar-refractivity contribution in [2.24, 2.45) is 0 Å². The quantitative estimate of drug-likeness (QED) is 0.657. The zero-order valence-corrected chi connectivity index (χ0v) is 13.9. The standard InChI is InChI=1S/C15H21F3N2OS/c1-11(20-22(21)14(2,3)4)13-8-7-12(10-19-13)6-5-9-15(16,17)18/h5,7-11,20H,6H2,1-4H3/b9-5+/t11-,22?/m0/s1. The Morgan fingerprint density at radius 1 is 1.32 bits per heavy atom. The molecule has 1 rings (SSSR count). The molecule has 0 radical (unpaired) electrons. The largest absolute Gasteiger partial charge is 0.598 e. The second-order valence-corrected chi connectivity index (χ2v) is 7.96. The van der Waals surface area contributed by atoms with Gasteiger partial charge in [-0.05, 0) is 45.7 Å². The summed E-state index contributed by atoms with van der Waals surface area (Å²) in [6, 6.07) is 3.25. The number of rotatable bonds is 5. The molecule has 1 heterocycles. The van der Waals surface area contributed by atoms with E-state index in [0.717, 1.165) is 6.08 Å². The van der Waals surface area contributed by atoms with Gasteiger partial charge >= 0.3 is 6.18 Å². The van der Waals surface area contributed by atoms with Crippen LogP contribution in [0.1, 0.15) is 45.0 Å². The number of pyridine rings is 1. The van der Waals surface area contributed by atoms with E-state index in [4.69, 9.17) is 0 Å². The third-order valence-electron chi connectivity index (χ3n) is 2.79. The van der Waals surface area contributed by atoms with Crippen LogP contribution < -0.4 is 4.72 Å². The number of alkyl halides is 3. The third kappa shape index (κ3) is 6.81. The second kappa shape index (κ2) is 7.48. The molecule has 7 heteroatoms. The Morgan fingerprint density at radius 3 is 2.41 bits per heavy atom. The number of halogens is 3. The summed E-state index contributed by atoms with van der Waals surface area (Å²) >= 11 is -1.21. The van der Waals surface area contributed by atoms with Gasteiger partial charge < -0.3 is 4.55 Å². The van der Waals surface area contributed by atoms with E-state index in [1.807, 2.05) is 27.7 Å². The van der Waals surface area contributed by atoms with Gasteiger partial charge in [0.2, 0.25) is 0 Å². The fourth-order valence-corrected chi connectivity index (χ4v) is 2.33. The van der Waals surface area contributed by atoms with Crippen LogP contribution in [0.2, 0.25) is 0 Å². The minimum Gasteiger partial charge on any atom is -0.598 e. The van der Waals surface area contributed by atoms with Gasteiger partial charge in [0.25, 0.3) is 0 Å². The molecule has 1 aromatic rings. The molecule has 0 aliphatic carbocycles. The normalized spacial score (nSPS) is 16.0. The summed E-state index contributed by atoms with van der Waals surface area (Å²) in [5.74, 6) is 0. The van der Waals surface area contributed by atoms with Gasteiger partial charge in [-0.1, -0.05) is 12.1 Å². The first-order valence-corrected chi connectivity index (χ1v) is 8.01. The molecule has 0 amide bonds. The molecule has 0 aliphatic rings. The molecule has 0 aliphatic heterocycles. The highest BCUT2D eigenvalue weighted by Gasteiger charge is 2.28. The van der Waals surface area contributed by atoms with Crippen molar-refractivity contribution < 1.29 is 17.7 Å². The first kappa shape index (κ1) is 19.0. The zero-order valence-electron chi connectivity index (χ0n) is 13.1. The van der Waals surface area contributed by atoms with Gasteiger partial charge in [-0.2, -0.15) is 13.2 Å². The molecule has 2 atom stereocenters.